The molecule has 0 saturated heterocycles. The van der Waals surface area contributed by atoms with Crippen LogP contribution in [0.3, 0.4) is 0 Å². The van der Waals surface area contributed by atoms with Crippen LogP contribution >= 0.6 is 12.6 Å². The van der Waals surface area contributed by atoms with Gasteiger partial charge in [-0.25, -0.2) is 0 Å². The SMILES string of the molecule is N#CCC(=O)c1ccc(C=CCCS)cc1. The number of allylic oxidation sites excluding steroid dienone is 1. The van der Waals surface area contributed by atoms with Crippen LogP contribution in [0.4, 0.5) is 0 Å². The fourth-order valence-corrected chi connectivity index (χ4v) is 1.40. The molecule has 0 aliphatic heterocycles. The largest absolute Gasteiger partial charge is 0.293 e. The highest BCUT2D eigenvalue weighted by molar-refractivity contribution is 7.80. The minimum absolute atomic E-state index is 0.0607. The van der Waals surface area contributed by atoms with Gasteiger partial charge in [-0.05, 0) is 17.7 Å². The number of ketones is 1. The summed E-state index contributed by atoms with van der Waals surface area (Å²) in [5, 5.41) is 8.41. The number of nitriles is 1. The molecule has 0 aromatic heterocycles. The fraction of sp³-hybridized carbons (Fsp3) is 0.231. The van der Waals surface area contributed by atoms with Gasteiger partial charge in [-0.1, -0.05) is 36.4 Å². The molecule has 0 heterocycles. The standard InChI is InChI=1S/C13H13NOS/c14-9-8-13(15)12-6-4-11(5-7-12)3-1-2-10-16/h1,3-7,16H,2,8,10H2. The second-order valence-electron chi connectivity index (χ2n) is 3.29. The number of rotatable bonds is 5. The number of benzene rings is 1. The lowest BCUT2D eigenvalue weighted by atomic mass is 10.1. The third-order valence-electron chi connectivity index (χ3n) is 2.08. The van der Waals surface area contributed by atoms with E-state index < -0.39 is 0 Å². The first-order valence-electron chi connectivity index (χ1n) is 5.05. The maximum atomic E-state index is 11.4. The molecule has 3 heteroatoms. The lowest BCUT2D eigenvalue weighted by molar-refractivity contribution is 0.0998. The average Bonchev–Trinajstić information content (AvgIpc) is 2.30. The van der Waals surface area contributed by atoms with E-state index >= 15 is 0 Å². The number of hydrogen-bond donors (Lipinski definition) is 1. The minimum Gasteiger partial charge on any atom is -0.293 e. The zero-order chi connectivity index (χ0) is 11.8. The predicted octanol–water partition coefficient (Wildman–Crippen LogP) is 3.12. The highest BCUT2D eigenvalue weighted by Crippen LogP contribution is 2.08. The predicted molar refractivity (Wildman–Crippen MR) is 68.5 cm³/mol. The summed E-state index contributed by atoms with van der Waals surface area (Å²) in [6.07, 6.45) is 4.90. The molecule has 1 aromatic carbocycles. The molecule has 0 radical (unpaired) electrons. The molecule has 0 amide bonds. The summed E-state index contributed by atoms with van der Waals surface area (Å²) < 4.78 is 0. The summed E-state index contributed by atoms with van der Waals surface area (Å²) in [5.41, 5.74) is 1.64. The van der Waals surface area contributed by atoms with Gasteiger partial charge in [0.2, 0.25) is 0 Å². The van der Waals surface area contributed by atoms with Crippen molar-refractivity contribution in [2.75, 3.05) is 5.75 Å². The van der Waals surface area contributed by atoms with E-state index in [1.165, 1.54) is 0 Å². The quantitative estimate of drug-likeness (QED) is 0.625. The van der Waals surface area contributed by atoms with E-state index in [9.17, 15) is 4.79 Å². The first-order chi connectivity index (χ1) is 7.77. The van der Waals surface area contributed by atoms with E-state index in [1.807, 2.05) is 30.4 Å². The lowest BCUT2D eigenvalue weighted by Gasteiger charge is -1.97. The highest BCUT2D eigenvalue weighted by atomic mass is 32.1. The van der Waals surface area contributed by atoms with E-state index in [4.69, 9.17) is 5.26 Å². The normalized spacial score (nSPS) is 10.2. The summed E-state index contributed by atoms with van der Waals surface area (Å²) in [6, 6.07) is 9.10. The van der Waals surface area contributed by atoms with Gasteiger partial charge in [0.25, 0.3) is 0 Å². The summed E-state index contributed by atoms with van der Waals surface area (Å²) in [4.78, 5) is 11.4. The van der Waals surface area contributed by atoms with E-state index in [0.717, 1.165) is 17.7 Å². The molecule has 0 bridgehead atoms. The Labute approximate surface area is 101 Å². The topological polar surface area (TPSA) is 40.9 Å². The molecule has 1 rings (SSSR count). The molecule has 0 aliphatic carbocycles. The van der Waals surface area contributed by atoms with Crippen molar-refractivity contribution in [1.29, 1.82) is 5.26 Å². The molecule has 0 atom stereocenters. The number of carbonyl (C=O) groups is 1. The van der Waals surface area contributed by atoms with E-state index in [1.54, 1.807) is 12.1 Å². The van der Waals surface area contributed by atoms with Crippen LogP contribution in [0, 0.1) is 11.3 Å². The number of Topliss-reactive ketones (excluding diaryl/α,β-unsaturated/α-hetero) is 1. The fourth-order valence-electron chi connectivity index (χ4n) is 1.25. The summed E-state index contributed by atoms with van der Waals surface area (Å²) >= 11 is 4.11. The van der Waals surface area contributed by atoms with Crippen LogP contribution in [0.2, 0.25) is 0 Å². The van der Waals surface area contributed by atoms with Gasteiger partial charge in [-0.3, -0.25) is 4.79 Å². The molecular weight excluding hydrogens is 218 g/mol. The van der Waals surface area contributed by atoms with Crippen molar-refractivity contribution in [1.82, 2.24) is 0 Å². The molecule has 2 nitrogen and oxygen atoms in total. The first kappa shape index (κ1) is 12.5. The smallest absolute Gasteiger partial charge is 0.176 e. The Kier molecular flexibility index (Phi) is 5.38. The summed E-state index contributed by atoms with van der Waals surface area (Å²) in [7, 11) is 0. The molecule has 0 spiro atoms. The second kappa shape index (κ2) is 6.86. The van der Waals surface area contributed by atoms with Gasteiger partial charge in [0, 0.05) is 5.56 Å². The molecule has 1 aromatic rings. The Morgan fingerprint density at radius 3 is 2.62 bits per heavy atom. The van der Waals surface area contributed by atoms with Crippen molar-refractivity contribution in [3.05, 3.63) is 41.5 Å². The summed E-state index contributed by atoms with van der Waals surface area (Å²) in [6.45, 7) is 0. The van der Waals surface area contributed by atoms with Crippen molar-refractivity contribution in [2.45, 2.75) is 12.8 Å². The first-order valence-corrected chi connectivity index (χ1v) is 5.69. The van der Waals surface area contributed by atoms with Crippen LogP contribution in [0.25, 0.3) is 6.08 Å². The zero-order valence-electron chi connectivity index (χ0n) is 8.89. The number of nitrogens with zero attached hydrogens (tertiary/aromatic N) is 1. The molecule has 0 fully saturated rings. The van der Waals surface area contributed by atoms with Crippen LogP contribution in [-0.4, -0.2) is 11.5 Å². The van der Waals surface area contributed by atoms with Crippen LogP contribution in [-0.2, 0) is 0 Å². The van der Waals surface area contributed by atoms with Crippen LogP contribution < -0.4 is 0 Å². The minimum atomic E-state index is -0.131. The number of hydrogen-bond acceptors (Lipinski definition) is 3. The number of carbonyl (C=O) groups excluding carboxylic acids is 1. The molecular formula is C13H13NOS. The molecule has 82 valence electrons. The lowest BCUT2D eigenvalue weighted by Crippen LogP contribution is -1.96. The molecule has 0 unspecified atom stereocenters. The Morgan fingerprint density at radius 1 is 1.38 bits per heavy atom. The zero-order valence-corrected chi connectivity index (χ0v) is 9.78. The third-order valence-corrected chi connectivity index (χ3v) is 2.34. The Morgan fingerprint density at radius 2 is 2.06 bits per heavy atom. The van der Waals surface area contributed by atoms with Gasteiger partial charge in [0.05, 0.1) is 12.5 Å². The monoisotopic (exact) mass is 231 g/mol. The number of thiol groups is 1. The molecule has 0 saturated carbocycles. The van der Waals surface area contributed by atoms with Crippen LogP contribution in [0.15, 0.2) is 30.3 Å². The van der Waals surface area contributed by atoms with Crippen molar-refractivity contribution < 1.29 is 4.79 Å². The van der Waals surface area contributed by atoms with E-state index in [0.29, 0.717) is 5.56 Å². The highest BCUT2D eigenvalue weighted by Gasteiger charge is 2.03. The van der Waals surface area contributed by atoms with E-state index in [-0.39, 0.29) is 12.2 Å². The van der Waals surface area contributed by atoms with Gasteiger partial charge < -0.3 is 0 Å². The van der Waals surface area contributed by atoms with E-state index in [2.05, 4.69) is 12.6 Å². The maximum absolute atomic E-state index is 11.4. The Hall–Kier alpha value is -1.53. The van der Waals surface area contributed by atoms with Crippen molar-refractivity contribution >= 4 is 24.5 Å². The van der Waals surface area contributed by atoms with Gasteiger partial charge >= 0.3 is 0 Å². The molecule has 0 N–H and O–H groups in total. The summed E-state index contributed by atoms with van der Waals surface area (Å²) in [5.74, 6) is 0.697. The maximum Gasteiger partial charge on any atom is 0.176 e. The van der Waals surface area contributed by atoms with Gasteiger partial charge in [-0.2, -0.15) is 17.9 Å². The van der Waals surface area contributed by atoms with Crippen LogP contribution in [0.1, 0.15) is 28.8 Å². The van der Waals surface area contributed by atoms with Crippen LogP contribution in [0.5, 0.6) is 0 Å². The molecule has 16 heavy (non-hydrogen) atoms. The van der Waals surface area contributed by atoms with Crippen molar-refractivity contribution in [3.63, 3.8) is 0 Å². The van der Waals surface area contributed by atoms with Crippen molar-refractivity contribution in [3.8, 4) is 6.07 Å². The molecule has 0 aliphatic rings. The Bertz CT molecular complexity index is 415. The van der Waals surface area contributed by atoms with Gasteiger partial charge in [0.15, 0.2) is 5.78 Å². The van der Waals surface area contributed by atoms with Gasteiger partial charge in [0.1, 0.15) is 0 Å². The van der Waals surface area contributed by atoms with Gasteiger partial charge in [-0.15, -0.1) is 0 Å². The third kappa shape index (κ3) is 3.92. The second-order valence-corrected chi connectivity index (χ2v) is 3.74. The van der Waals surface area contributed by atoms with Crippen molar-refractivity contribution in [2.24, 2.45) is 0 Å². The average molecular weight is 231 g/mol. The Balaban J connectivity index is 2.68.